The largest absolute Gasteiger partial charge is 0.450 e. The predicted octanol–water partition coefficient (Wildman–Crippen LogP) is 5.54. The average Bonchev–Trinajstić information content (AvgIpc) is 3.93. The van der Waals surface area contributed by atoms with Gasteiger partial charge in [0.2, 0.25) is 0 Å². The maximum atomic E-state index is 14.8. The van der Waals surface area contributed by atoms with Crippen molar-refractivity contribution in [3.63, 3.8) is 0 Å². The molecule has 6 rings (SSSR count). The number of ether oxygens (including phenoxy) is 4. The zero-order chi connectivity index (χ0) is 53.1. The van der Waals surface area contributed by atoms with Crippen LogP contribution in [0.15, 0.2) is 84.9 Å². The molecule has 0 saturated carbocycles. The van der Waals surface area contributed by atoms with Gasteiger partial charge in [0.1, 0.15) is 23.9 Å². The summed E-state index contributed by atoms with van der Waals surface area (Å²) < 4.78 is 23.9. The lowest BCUT2D eigenvalue weighted by Gasteiger charge is -2.37. The lowest BCUT2D eigenvalue weighted by atomic mass is 9.99. The summed E-state index contributed by atoms with van der Waals surface area (Å²) in [7, 11) is 4.23. The van der Waals surface area contributed by atoms with E-state index in [1.54, 1.807) is 114 Å². The summed E-state index contributed by atoms with van der Waals surface area (Å²) in [5.74, 6) is -5.98. The van der Waals surface area contributed by atoms with Crippen LogP contribution in [0.1, 0.15) is 83.9 Å². The number of carbonyl (C=O) groups is 8. The van der Waals surface area contributed by atoms with E-state index in [0.717, 1.165) is 23.5 Å². The molecule has 3 aromatic rings. The van der Waals surface area contributed by atoms with Crippen molar-refractivity contribution < 1.29 is 57.3 Å². The molecule has 2 N–H and O–H groups in total. The number of unbranched alkanes of at least 4 members (excludes halogenated alkanes) is 1. The molecule has 3 aliphatic heterocycles. The van der Waals surface area contributed by atoms with Gasteiger partial charge in [-0.15, -0.1) is 0 Å². The van der Waals surface area contributed by atoms with Crippen molar-refractivity contribution in [2.75, 3.05) is 26.9 Å². The van der Waals surface area contributed by atoms with Crippen molar-refractivity contribution >= 4 is 59.4 Å². The molecule has 73 heavy (non-hydrogen) atoms. The van der Waals surface area contributed by atoms with Gasteiger partial charge >= 0.3 is 29.9 Å². The summed E-state index contributed by atoms with van der Waals surface area (Å²) in [6.45, 7) is 10.1. The van der Waals surface area contributed by atoms with Crippen LogP contribution in [-0.4, -0.2) is 143 Å². The molecule has 9 atom stereocenters. The van der Waals surface area contributed by atoms with Crippen LogP contribution in [0.4, 0.5) is 4.79 Å². The van der Waals surface area contributed by atoms with Gasteiger partial charge in [0.05, 0.1) is 12.1 Å². The Bertz CT molecular complexity index is 2380. The van der Waals surface area contributed by atoms with E-state index in [2.05, 4.69) is 10.6 Å². The summed E-state index contributed by atoms with van der Waals surface area (Å²) in [4.78, 5) is 116. The third kappa shape index (κ3) is 14.4. The number of amides is 5. The second-order valence-corrected chi connectivity index (χ2v) is 21.5. The average molecular weight is 1030 g/mol. The van der Waals surface area contributed by atoms with Gasteiger partial charge in [0, 0.05) is 57.8 Å². The Morgan fingerprint density at radius 1 is 0.575 bits per heavy atom. The highest BCUT2D eigenvalue weighted by atomic mass is 32.2. The molecule has 3 heterocycles. The second-order valence-electron chi connectivity index (χ2n) is 20.3. The van der Waals surface area contributed by atoms with Crippen molar-refractivity contribution in [2.24, 2.45) is 17.8 Å². The number of nitrogens with one attached hydrogen (secondary N) is 2. The molecule has 5 amide bonds. The number of benzene rings is 3. The Morgan fingerprint density at radius 3 is 1.37 bits per heavy atom. The van der Waals surface area contributed by atoms with Crippen molar-refractivity contribution in [1.82, 2.24) is 25.3 Å². The second kappa shape index (κ2) is 25.5. The van der Waals surface area contributed by atoms with E-state index in [4.69, 9.17) is 18.9 Å². The standard InChI is InChI=1S/C55H71N5O12S/c1-32(2)46-49(62)58(7)41(29-36-20-14-11-15-21-36)53(66)71-48(34(5)6)51(64)60(9)42(54(67)72-47(33(3)4)50(63)59(8)40(52(65)70-46)28-35-18-12-10-13-19-35)30-37-24-26-38(27-25-37)69-44(61)23-17-16-22-43-45-39(31-73-43)56-55(68)57-45/h10-15,18-21,24-27,32-34,39-43,45-48H,16-17,22-23,28-31H2,1-9H3,(H2,56,57,68)/t39-,40-,41-,42-,43-,45-,46+,47+,48+/m0/s1. The number of urea groups is 1. The molecule has 3 aromatic carbocycles. The highest BCUT2D eigenvalue weighted by Crippen LogP contribution is 2.33. The molecule has 0 aromatic heterocycles. The number of likely N-dealkylation sites (N-methyl/N-ethyl adjacent to an activating group) is 3. The molecule has 0 unspecified atom stereocenters. The van der Waals surface area contributed by atoms with E-state index in [9.17, 15) is 38.4 Å². The zero-order valence-electron chi connectivity index (χ0n) is 43.3. The fourth-order valence-electron chi connectivity index (χ4n) is 9.26. The van der Waals surface area contributed by atoms with E-state index in [1.807, 2.05) is 23.9 Å². The molecule has 18 heteroatoms. The first kappa shape index (κ1) is 55.9. The summed E-state index contributed by atoms with van der Waals surface area (Å²) in [6.07, 6.45) is -2.01. The maximum Gasteiger partial charge on any atom is 0.329 e. The number of hydrogen-bond donors (Lipinski definition) is 2. The highest BCUT2D eigenvalue weighted by Gasteiger charge is 2.45. The minimum Gasteiger partial charge on any atom is -0.450 e. The number of hydrogen-bond acceptors (Lipinski definition) is 13. The van der Waals surface area contributed by atoms with Crippen LogP contribution in [-0.2, 0) is 67.0 Å². The molecule has 17 nitrogen and oxygen atoms in total. The SMILES string of the molecule is CC(C)[C@H]1OC(=O)[C@H](Cc2ccc(OC(=O)CCCC[C@@H]3SC[C@@H]4NC(=O)N[C@@H]43)cc2)N(C)C(=O)[C@@H](C(C)C)OC(=O)[C@H](Cc2ccccc2)N(C)C(=O)[C@@H](C(C)C)OC(=O)[C@H](Cc2ccccc2)N(C)C1=O. The normalized spacial score (nSPS) is 25.7. The fraction of sp³-hybridized carbons (Fsp3) is 0.527. The number of nitrogens with zero attached hydrogens (tertiary/aromatic N) is 3. The van der Waals surface area contributed by atoms with Gasteiger partial charge in [-0.2, -0.15) is 11.8 Å². The predicted molar refractivity (Wildman–Crippen MR) is 274 cm³/mol. The van der Waals surface area contributed by atoms with Crippen LogP contribution in [0.3, 0.4) is 0 Å². The molecule has 394 valence electrons. The Morgan fingerprint density at radius 2 is 0.973 bits per heavy atom. The Labute approximate surface area is 432 Å². The molecule has 3 aliphatic rings. The fourth-order valence-corrected chi connectivity index (χ4v) is 10.8. The molecule has 0 bridgehead atoms. The van der Waals surface area contributed by atoms with Gasteiger partial charge in [-0.25, -0.2) is 19.2 Å². The maximum absolute atomic E-state index is 14.8. The highest BCUT2D eigenvalue weighted by molar-refractivity contribution is 8.00. The molecule has 3 saturated heterocycles. The minimum atomic E-state index is -1.45. The van der Waals surface area contributed by atoms with Crippen molar-refractivity contribution in [2.45, 2.75) is 140 Å². The van der Waals surface area contributed by atoms with Gasteiger partial charge < -0.3 is 44.3 Å². The monoisotopic (exact) mass is 1030 g/mol. The first-order valence-electron chi connectivity index (χ1n) is 25.2. The molecular weight excluding hydrogens is 955 g/mol. The van der Waals surface area contributed by atoms with Gasteiger partial charge in [0.15, 0.2) is 18.3 Å². The number of thioether (sulfide) groups is 1. The van der Waals surface area contributed by atoms with Crippen molar-refractivity contribution in [3.8, 4) is 5.75 Å². The number of rotatable bonds is 15. The molecule has 0 aliphatic carbocycles. The summed E-state index contributed by atoms with van der Waals surface area (Å²) in [6, 6.07) is 20.5. The van der Waals surface area contributed by atoms with E-state index in [-0.39, 0.29) is 54.8 Å². The van der Waals surface area contributed by atoms with Crippen LogP contribution < -0.4 is 15.4 Å². The number of esters is 4. The van der Waals surface area contributed by atoms with E-state index in [0.29, 0.717) is 23.1 Å². The Kier molecular flexibility index (Phi) is 19.5. The summed E-state index contributed by atoms with van der Waals surface area (Å²) >= 11 is 1.82. The van der Waals surface area contributed by atoms with Crippen molar-refractivity contribution in [1.29, 1.82) is 0 Å². The first-order chi connectivity index (χ1) is 34.7. The third-order valence-corrected chi connectivity index (χ3v) is 15.2. The topological polar surface area (TPSA) is 207 Å². The van der Waals surface area contributed by atoms with Crippen LogP contribution in [0.25, 0.3) is 0 Å². The number of cyclic esters (lactones) is 3. The summed E-state index contributed by atoms with van der Waals surface area (Å²) in [5.41, 5.74) is 1.92. The third-order valence-electron chi connectivity index (χ3n) is 13.7. The zero-order valence-corrected chi connectivity index (χ0v) is 44.1. The number of fused-ring (bicyclic) bond motifs is 1. The van der Waals surface area contributed by atoms with Gasteiger partial charge in [-0.3, -0.25) is 19.2 Å². The lowest BCUT2D eigenvalue weighted by molar-refractivity contribution is -0.179. The number of carbonyl (C=O) groups excluding carboxylic acids is 8. The lowest BCUT2D eigenvalue weighted by Crippen LogP contribution is -2.56. The molecule has 0 radical (unpaired) electrons. The van der Waals surface area contributed by atoms with Crippen LogP contribution in [0.5, 0.6) is 5.75 Å². The molecule has 3 fully saturated rings. The van der Waals surface area contributed by atoms with Gasteiger partial charge in [-0.1, -0.05) is 121 Å². The quantitative estimate of drug-likeness (QED) is 0.0631. The van der Waals surface area contributed by atoms with E-state index >= 15 is 0 Å². The smallest absolute Gasteiger partial charge is 0.329 e. The van der Waals surface area contributed by atoms with Crippen LogP contribution in [0.2, 0.25) is 0 Å². The Hall–Kier alpha value is -6.43. The minimum absolute atomic E-state index is 0.0132. The van der Waals surface area contributed by atoms with Gasteiger partial charge in [-0.05, 0) is 59.4 Å². The van der Waals surface area contributed by atoms with Crippen LogP contribution in [0, 0.1) is 17.8 Å². The first-order valence-corrected chi connectivity index (χ1v) is 26.3. The molecular formula is C55H71N5O12S. The van der Waals surface area contributed by atoms with Crippen LogP contribution >= 0.6 is 11.8 Å². The van der Waals surface area contributed by atoms with Crippen molar-refractivity contribution in [3.05, 3.63) is 102 Å². The van der Waals surface area contributed by atoms with Gasteiger partial charge in [0.25, 0.3) is 17.7 Å². The van der Waals surface area contributed by atoms with E-state index < -0.39 is 95.8 Å². The van der Waals surface area contributed by atoms with E-state index in [1.165, 1.54) is 30.9 Å². The summed E-state index contributed by atoms with van der Waals surface area (Å²) in [5, 5.41) is 6.21. The molecule has 0 spiro atoms. The Balaban J connectivity index is 1.29.